The highest BCUT2D eigenvalue weighted by Crippen LogP contribution is 2.46. The average Bonchev–Trinajstić information content (AvgIpc) is 2.83. The lowest BCUT2D eigenvalue weighted by Crippen LogP contribution is -2.35. The van der Waals surface area contributed by atoms with E-state index in [0.717, 1.165) is 0 Å². The Labute approximate surface area is 144 Å². The molecule has 3 N–H and O–H groups in total. The summed E-state index contributed by atoms with van der Waals surface area (Å²) >= 11 is 11.8. The molecule has 1 aliphatic rings. The number of nitrogens with two attached hydrogens (primary N) is 1. The van der Waals surface area contributed by atoms with Crippen LogP contribution in [-0.2, 0) is 0 Å². The number of nitrogens with zero attached hydrogens (tertiary/aromatic N) is 2. The fraction of sp³-hybridized carbons (Fsp3) is 0.286. The Hall–Kier alpha value is -1.93. The first-order chi connectivity index (χ1) is 11.2. The molecule has 2 aromatic rings. The van der Waals surface area contributed by atoms with E-state index < -0.39 is 29.9 Å². The molecule has 0 saturated heterocycles. The molecule has 0 unspecified atom stereocenters. The Kier molecular flexibility index (Phi) is 4.13. The maximum absolute atomic E-state index is 13.4. The number of hydrogen-bond acceptors (Lipinski definition) is 3. The number of rotatable bonds is 2. The largest absolute Gasteiger partial charge is 0.410 e. The molecule has 2 heterocycles. The van der Waals surface area contributed by atoms with Crippen LogP contribution in [0.25, 0.3) is 0 Å². The Bertz CT molecular complexity index is 789. The van der Waals surface area contributed by atoms with E-state index in [1.807, 2.05) is 0 Å². The third kappa shape index (κ3) is 2.91. The molecule has 1 amide bonds. The lowest BCUT2D eigenvalue weighted by molar-refractivity contribution is -0.173. The monoisotopic (exact) mass is 378 g/mol. The van der Waals surface area contributed by atoms with Crippen molar-refractivity contribution in [3.8, 4) is 0 Å². The molecule has 2 atom stereocenters. The summed E-state index contributed by atoms with van der Waals surface area (Å²) in [5.74, 6) is -1.08. The number of fused-ring (bicyclic) bond motifs is 1. The van der Waals surface area contributed by atoms with Crippen LogP contribution in [0.15, 0.2) is 24.3 Å². The van der Waals surface area contributed by atoms with E-state index in [9.17, 15) is 18.0 Å². The molecule has 5 nitrogen and oxygen atoms in total. The number of hydrogen-bond donors (Lipinski definition) is 2. The van der Waals surface area contributed by atoms with Crippen molar-refractivity contribution < 1.29 is 18.0 Å². The van der Waals surface area contributed by atoms with Crippen molar-refractivity contribution in [2.75, 3.05) is 5.32 Å². The summed E-state index contributed by atoms with van der Waals surface area (Å²) in [6.07, 6.45) is -4.87. The van der Waals surface area contributed by atoms with E-state index in [1.54, 1.807) is 24.3 Å². The number of anilines is 1. The van der Waals surface area contributed by atoms with Gasteiger partial charge >= 0.3 is 6.18 Å². The van der Waals surface area contributed by atoms with Gasteiger partial charge < -0.3 is 11.1 Å². The SMILES string of the molecule is NC(=O)c1nn2c(c1Cl)N[C@@H](c1ccc(Cl)cc1)C[C@@H]2C(F)(F)F. The van der Waals surface area contributed by atoms with Crippen molar-refractivity contribution >= 4 is 34.9 Å². The fourth-order valence-electron chi connectivity index (χ4n) is 2.66. The number of nitrogens with one attached hydrogen (secondary N) is 1. The first-order valence-electron chi connectivity index (χ1n) is 6.85. The van der Waals surface area contributed by atoms with Gasteiger partial charge in [0.05, 0.1) is 6.04 Å². The van der Waals surface area contributed by atoms with Gasteiger partial charge in [0.1, 0.15) is 10.8 Å². The molecule has 0 fully saturated rings. The summed E-state index contributed by atoms with van der Waals surface area (Å²) in [6, 6.07) is 3.83. The summed E-state index contributed by atoms with van der Waals surface area (Å²) in [5, 5.41) is 6.79. The fourth-order valence-corrected chi connectivity index (χ4v) is 3.06. The van der Waals surface area contributed by atoms with Gasteiger partial charge in [-0.3, -0.25) is 4.79 Å². The van der Waals surface area contributed by atoms with Crippen LogP contribution in [0.2, 0.25) is 10.0 Å². The summed E-state index contributed by atoms with van der Waals surface area (Å²) in [5.41, 5.74) is 5.33. The number of alkyl halides is 3. The number of aromatic nitrogens is 2. The maximum atomic E-state index is 13.4. The van der Waals surface area contributed by atoms with E-state index in [4.69, 9.17) is 28.9 Å². The normalized spacial score (nSPS) is 20.4. The first-order valence-corrected chi connectivity index (χ1v) is 7.60. The number of halogens is 5. The van der Waals surface area contributed by atoms with E-state index >= 15 is 0 Å². The molecule has 0 aliphatic carbocycles. The van der Waals surface area contributed by atoms with Crippen LogP contribution in [0.1, 0.15) is 34.6 Å². The summed E-state index contributed by atoms with van der Waals surface area (Å²) < 4.78 is 41.0. The number of carbonyl (C=O) groups is 1. The zero-order valence-electron chi connectivity index (χ0n) is 11.9. The van der Waals surface area contributed by atoms with Gasteiger partial charge in [-0.15, -0.1) is 0 Å². The van der Waals surface area contributed by atoms with E-state index in [0.29, 0.717) is 15.3 Å². The minimum atomic E-state index is -4.56. The van der Waals surface area contributed by atoms with Gasteiger partial charge in [-0.2, -0.15) is 18.3 Å². The van der Waals surface area contributed by atoms with Crippen molar-refractivity contribution in [3.63, 3.8) is 0 Å². The molecule has 128 valence electrons. The van der Waals surface area contributed by atoms with Crippen LogP contribution >= 0.6 is 23.2 Å². The zero-order chi connectivity index (χ0) is 17.6. The van der Waals surface area contributed by atoms with Gasteiger partial charge in [0.15, 0.2) is 11.7 Å². The number of carbonyl (C=O) groups excluding carboxylic acids is 1. The average molecular weight is 379 g/mol. The molecule has 1 aliphatic heterocycles. The summed E-state index contributed by atoms with van der Waals surface area (Å²) in [7, 11) is 0. The molecule has 1 aromatic carbocycles. The topological polar surface area (TPSA) is 72.9 Å². The highest BCUT2D eigenvalue weighted by atomic mass is 35.5. The second-order valence-electron chi connectivity index (χ2n) is 5.36. The number of amides is 1. The second-order valence-corrected chi connectivity index (χ2v) is 6.18. The maximum Gasteiger partial charge on any atom is 0.410 e. The Balaban J connectivity index is 2.08. The van der Waals surface area contributed by atoms with E-state index in [1.165, 1.54) is 0 Å². The molecule has 0 radical (unpaired) electrons. The minimum absolute atomic E-state index is 0.0843. The molecule has 0 saturated carbocycles. The molecule has 0 spiro atoms. The zero-order valence-corrected chi connectivity index (χ0v) is 13.5. The quantitative estimate of drug-likeness (QED) is 0.830. The molecular formula is C14H11Cl2F3N4O. The van der Waals surface area contributed by atoms with Crippen LogP contribution in [0, 0.1) is 0 Å². The van der Waals surface area contributed by atoms with Gasteiger partial charge in [0.2, 0.25) is 0 Å². The van der Waals surface area contributed by atoms with Gasteiger partial charge in [-0.05, 0) is 17.7 Å². The van der Waals surface area contributed by atoms with Gasteiger partial charge in [-0.25, -0.2) is 4.68 Å². The van der Waals surface area contributed by atoms with E-state index in [-0.39, 0.29) is 17.3 Å². The Morgan fingerprint density at radius 3 is 2.46 bits per heavy atom. The predicted molar refractivity (Wildman–Crippen MR) is 83.3 cm³/mol. The lowest BCUT2D eigenvalue weighted by atomic mass is 9.97. The predicted octanol–water partition coefficient (Wildman–Crippen LogP) is 3.95. The highest BCUT2D eigenvalue weighted by molar-refractivity contribution is 6.36. The number of benzene rings is 1. The molecule has 0 bridgehead atoms. The number of primary amides is 1. The van der Waals surface area contributed by atoms with Crippen LogP contribution in [-0.4, -0.2) is 21.9 Å². The highest BCUT2D eigenvalue weighted by Gasteiger charge is 2.47. The molecule has 1 aromatic heterocycles. The van der Waals surface area contributed by atoms with Crippen LogP contribution in [0.4, 0.5) is 19.0 Å². The molecule has 3 rings (SSSR count). The van der Waals surface area contributed by atoms with E-state index in [2.05, 4.69) is 10.4 Å². The summed E-state index contributed by atoms with van der Waals surface area (Å²) in [4.78, 5) is 11.3. The first kappa shape index (κ1) is 16.9. The van der Waals surface area contributed by atoms with Gasteiger partial charge in [0.25, 0.3) is 5.91 Å². The van der Waals surface area contributed by atoms with Crippen LogP contribution < -0.4 is 11.1 Å². The van der Waals surface area contributed by atoms with Crippen molar-refractivity contribution in [3.05, 3.63) is 45.6 Å². The minimum Gasteiger partial charge on any atom is -0.364 e. The van der Waals surface area contributed by atoms with Crippen molar-refractivity contribution in [1.29, 1.82) is 0 Å². The van der Waals surface area contributed by atoms with Crippen molar-refractivity contribution in [2.45, 2.75) is 24.7 Å². The van der Waals surface area contributed by atoms with Crippen molar-refractivity contribution in [2.24, 2.45) is 5.73 Å². The second kappa shape index (κ2) is 5.86. The Morgan fingerprint density at radius 1 is 1.29 bits per heavy atom. The summed E-state index contributed by atoms with van der Waals surface area (Å²) in [6.45, 7) is 0. The van der Waals surface area contributed by atoms with Crippen molar-refractivity contribution in [1.82, 2.24) is 9.78 Å². The van der Waals surface area contributed by atoms with Crippen LogP contribution in [0.5, 0.6) is 0 Å². The molecule has 10 heteroatoms. The van der Waals surface area contributed by atoms with Crippen LogP contribution in [0.3, 0.4) is 0 Å². The third-order valence-electron chi connectivity index (χ3n) is 3.80. The van der Waals surface area contributed by atoms with Gasteiger partial charge in [0, 0.05) is 11.4 Å². The smallest absolute Gasteiger partial charge is 0.364 e. The Morgan fingerprint density at radius 2 is 1.92 bits per heavy atom. The third-order valence-corrected chi connectivity index (χ3v) is 4.41. The molecule has 24 heavy (non-hydrogen) atoms. The van der Waals surface area contributed by atoms with Gasteiger partial charge in [-0.1, -0.05) is 35.3 Å². The lowest BCUT2D eigenvalue weighted by Gasteiger charge is -2.33. The molecular weight excluding hydrogens is 368 g/mol. The standard InChI is InChI=1S/C14H11Cl2F3N4O/c15-7-3-1-6(2-4-7)8-5-9(14(17,18)19)23-13(21-8)10(16)11(22-23)12(20)24/h1-4,8-9,21H,5H2,(H2,20,24)/t8-,9-/m1/s1.